The number of nitrogens with one attached hydrogen (secondary N) is 1. The molecular weight excluding hydrogens is 425 g/mol. The highest BCUT2D eigenvalue weighted by molar-refractivity contribution is 6.05. The molecule has 0 unspecified atom stereocenters. The zero-order valence-electron chi connectivity index (χ0n) is 18.4. The van der Waals surface area contributed by atoms with Crippen molar-refractivity contribution in [2.75, 3.05) is 18.5 Å². The van der Waals surface area contributed by atoms with Crippen LogP contribution in [0.4, 0.5) is 10.1 Å². The molecule has 9 heteroatoms. The molecule has 1 saturated heterocycles. The average molecular weight is 449 g/mol. The van der Waals surface area contributed by atoms with Gasteiger partial charge < -0.3 is 14.6 Å². The number of carbonyl (C=O) groups excluding carboxylic acids is 2. The molecule has 8 nitrogen and oxygen atoms in total. The highest BCUT2D eigenvalue weighted by Gasteiger charge is 2.50. The number of nitrogens with zero attached hydrogens (tertiary/aromatic N) is 4. The van der Waals surface area contributed by atoms with Crippen LogP contribution in [-0.4, -0.2) is 44.7 Å². The van der Waals surface area contributed by atoms with Crippen molar-refractivity contribution in [3.63, 3.8) is 0 Å². The second-order valence-electron chi connectivity index (χ2n) is 8.84. The Balaban J connectivity index is 1.41. The number of aryl methyl sites for hydroxylation is 1. The van der Waals surface area contributed by atoms with Crippen LogP contribution in [0.15, 0.2) is 42.7 Å². The molecule has 1 atom stereocenters. The molecule has 3 aromatic rings. The van der Waals surface area contributed by atoms with Crippen LogP contribution in [0.2, 0.25) is 0 Å². The Morgan fingerprint density at radius 2 is 2.03 bits per heavy atom. The van der Waals surface area contributed by atoms with Crippen molar-refractivity contribution in [2.45, 2.75) is 37.3 Å². The van der Waals surface area contributed by atoms with Gasteiger partial charge in [0.15, 0.2) is 17.8 Å². The third kappa shape index (κ3) is 3.93. The van der Waals surface area contributed by atoms with Crippen LogP contribution in [0.25, 0.3) is 0 Å². The molecule has 33 heavy (non-hydrogen) atoms. The zero-order valence-corrected chi connectivity index (χ0v) is 18.4. The van der Waals surface area contributed by atoms with Crippen LogP contribution in [0.5, 0.6) is 0 Å². The van der Waals surface area contributed by atoms with Gasteiger partial charge in [0, 0.05) is 29.9 Å². The molecular formula is C24H24FN5O3. The molecule has 2 aliphatic rings. The van der Waals surface area contributed by atoms with Gasteiger partial charge in [-0.05, 0) is 49.6 Å². The van der Waals surface area contributed by atoms with Crippen LogP contribution >= 0.6 is 0 Å². The number of rotatable bonds is 7. The second-order valence-corrected chi connectivity index (χ2v) is 8.84. The maximum atomic E-state index is 15.6. The maximum absolute atomic E-state index is 15.6. The lowest BCUT2D eigenvalue weighted by molar-refractivity contribution is -0.102. The Hall–Kier alpha value is -3.46. The van der Waals surface area contributed by atoms with Gasteiger partial charge in [-0.2, -0.15) is 0 Å². The van der Waals surface area contributed by atoms with E-state index >= 15 is 4.39 Å². The zero-order chi connectivity index (χ0) is 23.2. The van der Waals surface area contributed by atoms with Gasteiger partial charge in [-0.1, -0.05) is 12.1 Å². The van der Waals surface area contributed by atoms with E-state index in [0.29, 0.717) is 22.7 Å². The summed E-state index contributed by atoms with van der Waals surface area (Å²) in [6.07, 6.45) is 2.07. The highest BCUT2D eigenvalue weighted by atomic mass is 19.1. The third-order valence-corrected chi connectivity index (χ3v) is 6.35. The van der Waals surface area contributed by atoms with Crippen LogP contribution < -0.4 is 5.32 Å². The van der Waals surface area contributed by atoms with Crippen molar-refractivity contribution in [3.8, 4) is 0 Å². The number of anilines is 1. The molecule has 1 aromatic carbocycles. The standard InChI is InChI=1S/C24H24FN5O3/c1-14(31)16-8-19(15-6-7-15)28-20(9-16)23(32)27-18-5-3-4-17(10-18)24(11-33-12-24)21(25)22-29-26-13-30(22)2/h3-5,8-10,13,15,21H,6-7,11-12H2,1-2H3,(H,27,32)/t21-/m1/s1. The normalized spacial score (nSPS) is 17.8. The number of hydrogen-bond acceptors (Lipinski definition) is 6. The summed E-state index contributed by atoms with van der Waals surface area (Å²) in [5, 5.41) is 10.6. The average Bonchev–Trinajstić information content (AvgIpc) is 3.53. The Bertz CT molecular complexity index is 1230. The number of aromatic nitrogens is 4. The molecule has 5 rings (SSSR count). The van der Waals surface area contributed by atoms with E-state index in [2.05, 4.69) is 20.5 Å². The van der Waals surface area contributed by atoms with Crippen LogP contribution in [0.1, 0.15) is 69.8 Å². The summed E-state index contributed by atoms with van der Waals surface area (Å²) in [4.78, 5) is 29.4. The number of halogens is 1. The monoisotopic (exact) mass is 449 g/mol. The first-order valence-electron chi connectivity index (χ1n) is 10.9. The van der Waals surface area contributed by atoms with E-state index < -0.39 is 17.5 Å². The molecule has 1 aliphatic heterocycles. The number of pyridine rings is 1. The summed E-state index contributed by atoms with van der Waals surface area (Å²) in [7, 11) is 1.70. The van der Waals surface area contributed by atoms with Crippen molar-refractivity contribution < 1.29 is 18.7 Å². The largest absolute Gasteiger partial charge is 0.379 e. The summed E-state index contributed by atoms with van der Waals surface area (Å²) < 4.78 is 22.5. The lowest BCUT2D eigenvalue weighted by Gasteiger charge is -2.43. The van der Waals surface area contributed by atoms with Gasteiger partial charge in [0.05, 0.1) is 18.6 Å². The SMILES string of the molecule is CC(=O)c1cc(C(=O)Nc2cccc(C3([C@H](F)c4nncn4C)COC3)c2)nc(C2CC2)c1. The topological polar surface area (TPSA) is 99.0 Å². The summed E-state index contributed by atoms with van der Waals surface area (Å²) in [5.74, 6) is 0.00605. The maximum Gasteiger partial charge on any atom is 0.274 e. The predicted molar refractivity (Wildman–Crippen MR) is 118 cm³/mol. The minimum atomic E-state index is -1.42. The summed E-state index contributed by atoms with van der Waals surface area (Å²) in [6.45, 7) is 1.87. The fraction of sp³-hybridized carbons (Fsp3) is 0.375. The molecule has 1 amide bonds. The van der Waals surface area contributed by atoms with E-state index in [-0.39, 0.29) is 30.5 Å². The Morgan fingerprint density at radius 1 is 1.24 bits per heavy atom. The Morgan fingerprint density at radius 3 is 2.64 bits per heavy atom. The van der Waals surface area contributed by atoms with E-state index in [1.165, 1.54) is 19.3 Å². The smallest absolute Gasteiger partial charge is 0.274 e. The number of amides is 1. The van der Waals surface area contributed by atoms with E-state index in [1.807, 2.05) is 6.07 Å². The van der Waals surface area contributed by atoms with E-state index in [9.17, 15) is 9.59 Å². The molecule has 1 N–H and O–H groups in total. The molecule has 0 bridgehead atoms. The van der Waals surface area contributed by atoms with E-state index in [4.69, 9.17) is 4.74 Å². The van der Waals surface area contributed by atoms with Crippen LogP contribution in [0.3, 0.4) is 0 Å². The summed E-state index contributed by atoms with van der Waals surface area (Å²) >= 11 is 0. The van der Waals surface area contributed by atoms with Crippen molar-refractivity contribution in [2.24, 2.45) is 7.05 Å². The number of ether oxygens (including phenoxy) is 1. The van der Waals surface area contributed by atoms with Crippen molar-refractivity contribution in [1.29, 1.82) is 0 Å². The number of alkyl halides is 1. The number of ketones is 1. The highest BCUT2D eigenvalue weighted by Crippen LogP contribution is 2.45. The number of hydrogen-bond donors (Lipinski definition) is 1. The Labute approximate surface area is 190 Å². The molecule has 0 radical (unpaired) electrons. The summed E-state index contributed by atoms with van der Waals surface area (Å²) in [5.41, 5.74) is 1.74. The van der Waals surface area contributed by atoms with Crippen LogP contribution in [0, 0.1) is 0 Å². The fourth-order valence-electron chi connectivity index (χ4n) is 4.11. The number of benzene rings is 1. The number of Topliss-reactive ketones (excluding diaryl/α,β-unsaturated/α-hetero) is 1. The van der Waals surface area contributed by atoms with Gasteiger partial charge in [0.2, 0.25) is 0 Å². The molecule has 2 aromatic heterocycles. The minimum absolute atomic E-state index is 0.111. The molecule has 0 spiro atoms. The lowest BCUT2D eigenvalue weighted by atomic mass is 9.74. The fourth-order valence-corrected chi connectivity index (χ4v) is 4.11. The van der Waals surface area contributed by atoms with E-state index in [0.717, 1.165) is 18.5 Å². The summed E-state index contributed by atoms with van der Waals surface area (Å²) in [6, 6.07) is 10.4. The lowest BCUT2D eigenvalue weighted by Crippen LogP contribution is -2.50. The number of carbonyl (C=O) groups is 2. The first kappa shape index (κ1) is 21.4. The molecule has 2 fully saturated rings. The van der Waals surface area contributed by atoms with Gasteiger partial charge in [0.25, 0.3) is 5.91 Å². The predicted octanol–water partition coefficient (Wildman–Crippen LogP) is 3.52. The molecule has 1 saturated carbocycles. The van der Waals surface area contributed by atoms with E-state index in [1.54, 1.807) is 35.9 Å². The van der Waals surface area contributed by atoms with Gasteiger partial charge in [-0.15, -0.1) is 10.2 Å². The first-order chi connectivity index (χ1) is 15.9. The minimum Gasteiger partial charge on any atom is -0.379 e. The Kier molecular flexibility index (Phi) is 5.28. The molecule has 1 aliphatic carbocycles. The van der Waals surface area contributed by atoms with Gasteiger partial charge in [-0.3, -0.25) is 9.59 Å². The van der Waals surface area contributed by atoms with Gasteiger partial charge >= 0.3 is 0 Å². The first-order valence-corrected chi connectivity index (χ1v) is 10.9. The van der Waals surface area contributed by atoms with Crippen molar-refractivity contribution in [3.05, 3.63) is 71.1 Å². The quantitative estimate of drug-likeness (QED) is 0.554. The molecule has 3 heterocycles. The van der Waals surface area contributed by atoms with Gasteiger partial charge in [0.1, 0.15) is 12.0 Å². The van der Waals surface area contributed by atoms with Crippen molar-refractivity contribution in [1.82, 2.24) is 19.7 Å². The third-order valence-electron chi connectivity index (χ3n) is 6.35. The second kappa shape index (κ2) is 8.15. The van der Waals surface area contributed by atoms with Gasteiger partial charge in [-0.25, -0.2) is 9.37 Å². The van der Waals surface area contributed by atoms with Crippen LogP contribution in [-0.2, 0) is 17.2 Å². The van der Waals surface area contributed by atoms with Crippen molar-refractivity contribution >= 4 is 17.4 Å². The molecule has 170 valence electrons.